The highest BCUT2D eigenvalue weighted by Gasteiger charge is 2.31. The maximum atomic E-state index is 12.1. The van der Waals surface area contributed by atoms with E-state index in [2.05, 4.69) is 0 Å². The molecule has 0 aromatic heterocycles. The molecule has 96 valence electrons. The number of carbonyl (C=O) groups is 2. The Morgan fingerprint density at radius 1 is 1.35 bits per heavy atom. The Labute approximate surface area is 101 Å². The quantitative estimate of drug-likeness (QED) is 0.807. The number of amides is 2. The third-order valence-corrected chi connectivity index (χ3v) is 3.60. The van der Waals surface area contributed by atoms with Crippen molar-refractivity contribution in [3.63, 3.8) is 0 Å². The smallest absolute Gasteiger partial charge is 0.319 e. The van der Waals surface area contributed by atoms with Gasteiger partial charge < -0.3 is 14.9 Å². The van der Waals surface area contributed by atoms with Gasteiger partial charge in [-0.15, -0.1) is 0 Å². The van der Waals surface area contributed by atoms with E-state index in [0.717, 1.165) is 13.0 Å². The Hall–Kier alpha value is -1.26. The Kier molecular flexibility index (Phi) is 3.54. The summed E-state index contributed by atoms with van der Waals surface area (Å²) in [6, 6.07) is -0.0112. The lowest BCUT2D eigenvalue weighted by Gasteiger charge is -2.33. The van der Waals surface area contributed by atoms with Crippen LogP contribution in [0.4, 0.5) is 4.79 Å². The van der Waals surface area contributed by atoms with Gasteiger partial charge in [0, 0.05) is 26.7 Å². The first-order valence-electron chi connectivity index (χ1n) is 6.30. The normalized spacial score (nSPS) is 24.5. The summed E-state index contributed by atoms with van der Waals surface area (Å²) in [5.74, 6) is -0.501. The van der Waals surface area contributed by atoms with Gasteiger partial charge in [0.1, 0.15) is 0 Å². The monoisotopic (exact) mass is 240 g/mol. The van der Waals surface area contributed by atoms with Gasteiger partial charge in [-0.2, -0.15) is 0 Å². The van der Waals surface area contributed by atoms with Crippen LogP contribution in [0.15, 0.2) is 0 Å². The van der Waals surface area contributed by atoms with Crippen LogP contribution in [0.1, 0.15) is 25.7 Å². The van der Waals surface area contributed by atoms with Crippen molar-refractivity contribution in [3.8, 4) is 0 Å². The first-order chi connectivity index (χ1) is 8.08. The van der Waals surface area contributed by atoms with E-state index in [1.807, 2.05) is 7.05 Å². The molecule has 1 aliphatic heterocycles. The number of aliphatic carboxylic acids is 1. The molecule has 1 N–H and O–H groups in total. The van der Waals surface area contributed by atoms with E-state index in [9.17, 15) is 9.59 Å². The highest BCUT2D eigenvalue weighted by molar-refractivity contribution is 5.76. The average Bonchev–Trinajstić information content (AvgIpc) is 3.12. The predicted octanol–water partition coefficient (Wildman–Crippen LogP) is 1.24. The molecule has 1 heterocycles. The van der Waals surface area contributed by atoms with Gasteiger partial charge in [0.2, 0.25) is 0 Å². The van der Waals surface area contributed by atoms with E-state index in [1.165, 1.54) is 12.8 Å². The molecular formula is C12H20N2O3. The highest BCUT2D eigenvalue weighted by Crippen LogP contribution is 2.29. The molecule has 1 saturated heterocycles. The van der Waals surface area contributed by atoms with Crippen LogP contribution in [-0.2, 0) is 4.79 Å². The molecule has 1 unspecified atom stereocenters. The molecule has 1 saturated carbocycles. The Morgan fingerprint density at radius 2 is 2.06 bits per heavy atom. The van der Waals surface area contributed by atoms with Crippen LogP contribution in [0, 0.1) is 11.8 Å². The molecule has 2 amide bonds. The van der Waals surface area contributed by atoms with Crippen molar-refractivity contribution >= 4 is 12.0 Å². The average molecular weight is 240 g/mol. The lowest BCUT2D eigenvalue weighted by Crippen LogP contribution is -2.48. The zero-order valence-electron chi connectivity index (χ0n) is 10.3. The molecule has 17 heavy (non-hydrogen) atoms. The number of likely N-dealkylation sites (tertiary alicyclic amines) is 1. The van der Waals surface area contributed by atoms with E-state index in [1.54, 1.807) is 9.80 Å². The molecule has 0 aromatic rings. The molecule has 0 spiro atoms. The van der Waals surface area contributed by atoms with Crippen molar-refractivity contribution in [1.82, 2.24) is 9.80 Å². The summed E-state index contributed by atoms with van der Waals surface area (Å²) in [7, 11) is 1.81. The van der Waals surface area contributed by atoms with Crippen LogP contribution < -0.4 is 0 Å². The minimum atomic E-state index is -0.785. The predicted molar refractivity (Wildman–Crippen MR) is 62.7 cm³/mol. The van der Waals surface area contributed by atoms with Gasteiger partial charge >= 0.3 is 12.0 Å². The van der Waals surface area contributed by atoms with Gasteiger partial charge in [0.15, 0.2) is 0 Å². The molecule has 1 aliphatic carbocycles. The minimum Gasteiger partial charge on any atom is -0.481 e. The summed E-state index contributed by atoms with van der Waals surface area (Å²) in [5.41, 5.74) is 0. The van der Waals surface area contributed by atoms with Crippen molar-refractivity contribution < 1.29 is 14.7 Å². The number of urea groups is 1. The Balaban J connectivity index is 1.86. The third kappa shape index (κ3) is 3.11. The van der Waals surface area contributed by atoms with Crippen LogP contribution in [0.5, 0.6) is 0 Å². The topological polar surface area (TPSA) is 60.9 Å². The summed E-state index contributed by atoms with van der Waals surface area (Å²) in [4.78, 5) is 26.4. The van der Waals surface area contributed by atoms with Crippen molar-refractivity contribution in [3.05, 3.63) is 0 Å². The fourth-order valence-electron chi connectivity index (χ4n) is 2.36. The van der Waals surface area contributed by atoms with Gasteiger partial charge in [0.25, 0.3) is 0 Å². The maximum absolute atomic E-state index is 12.1. The maximum Gasteiger partial charge on any atom is 0.319 e. The molecule has 5 nitrogen and oxygen atoms in total. The van der Waals surface area contributed by atoms with Gasteiger partial charge in [-0.25, -0.2) is 4.79 Å². The van der Waals surface area contributed by atoms with E-state index < -0.39 is 5.97 Å². The van der Waals surface area contributed by atoms with E-state index >= 15 is 0 Å². The van der Waals surface area contributed by atoms with E-state index in [4.69, 9.17) is 5.11 Å². The van der Waals surface area contributed by atoms with Crippen molar-refractivity contribution in [2.24, 2.45) is 11.8 Å². The summed E-state index contributed by atoms with van der Waals surface area (Å²) >= 11 is 0. The van der Waals surface area contributed by atoms with E-state index in [0.29, 0.717) is 25.4 Å². The van der Waals surface area contributed by atoms with Crippen molar-refractivity contribution in [2.45, 2.75) is 25.7 Å². The Bertz CT molecular complexity index is 315. The van der Waals surface area contributed by atoms with Crippen LogP contribution in [0.25, 0.3) is 0 Å². The van der Waals surface area contributed by atoms with E-state index in [-0.39, 0.29) is 11.9 Å². The second kappa shape index (κ2) is 4.94. The number of carboxylic acid groups (broad SMARTS) is 1. The molecular weight excluding hydrogens is 220 g/mol. The van der Waals surface area contributed by atoms with Gasteiger partial charge in [-0.3, -0.25) is 4.79 Å². The molecule has 2 fully saturated rings. The second-order valence-corrected chi connectivity index (χ2v) is 5.23. The summed E-state index contributed by atoms with van der Waals surface area (Å²) < 4.78 is 0. The summed E-state index contributed by atoms with van der Waals surface area (Å²) in [5, 5.41) is 8.98. The molecule has 2 aliphatic rings. The van der Waals surface area contributed by atoms with Crippen LogP contribution >= 0.6 is 0 Å². The number of rotatable bonds is 3. The number of piperidine rings is 1. The molecule has 5 heteroatoms. The van der Waals surface area contributed by atoms with Crippen LogP contribution in [0.2, 0.25) is 0 Å². The van der Waals surface area contributed by atoms with Gasteiger partial charge in [-0.05, 0) is 31.6 Å². The zero-order valence-corrected chi connectivity index (χ0v) is 10.3. The van der Waals surface area contributed by atoms with Gasteiger partial charge in [0.05, 0.1) is 5.92 Å². The summed E-state index contributed by atoms with van der Waals surface area (Å²) in [6.45, 7) is 1.87. The first-order valence-corrected chi connectivity index (χ1v) is 6.30. The lowest BCUT2D eigenvalue weighted by atomic mass is 9.99. The number of nitrogens with zero attached hydrogens (tertiary/aromatic N) is 2. The second-order valence-electron chi connectivity index (χ2n) is 5.23. The molecule has 1 atom stereocenters. The molecule has 0 bridgehead atoms. The highest BCUT2D eigenvalue weighted by atomic mass is 16.4. The van der Waals surface area contributed by atoms with Gasteiger partial charge in [-0.1, -0.05) is 0 Å². The fourth-order valence-corrected chi connectivity index (χ4v) is 2.36. The number of hydrogen-bond acceptors (Lipinski definition) is 2. The lowest BCUT2D eigenvalue weighted by molar-refractivity contribution is -0.143. The molecule has 0 aromatic carbocycles. The third-order valence-electron chi connectivity index (χ3n) is 3.60. The fraction of sp³-hybridized carbons (Fsp3) is 0.833. The van der Waals surface area contributed by atoms with Crippen molar-refractivity contribution in [2.75, 3.05) is 26.7 Å². The summed E-state index contributed by atoms with van der Waals surface area (Å²) in [6.07, 6.45) is 3.91. The largest absolute Gasteiger partial charge is 0.481 e. The molecule has 2 rings (SSSR count). The number of carbonyl (C=O) groups excluding carboxylic acids is 1. The number of hydrogen-bond donors (Lipinski definition) is 1. The van der Waals surface area contributed by atoms with Crippen LogP contribution in [0.3, 0.4) is 0 Å². The first kappa shape index (κ1) is 12.2. The zero-order chi connectivity index (χ0) is 12.4. The standard InChI is InChI=1S/C12H20N2O3/c1-13(7-9-4-5-9)12(17)14-6-2-3-10(8-14)11(15)16/h9-10H,2-8H2,1H3,(H,15,16). The van der Waals surface area contributed by atoms with Crippen molar-refractivity contribution in [1.29, 1.82) is 0 Å². The molecule has 0 radical (unpaired) electrons. The Morgan fingerprint density at radius 3 is 2.65 bits per heavy atom. The SMILES string of the molecule is CN(CC1CC1)C(=O)N1CCCC(C(=O)O)C1. The van der Waals surface area contributed by atoms with Crippen LogP contribution in [-0.4, -0.2) is 53.6 Å². The minimum absolute atomic E-state index is 0.0112. The number of carboxylic acids is 1.